The highest BCUT2D eigenvalue weighted by molar-refractivity contribution is 5.91. The highest BCUT2D eigenvalue weighted by Gasteiger charge is 2.30. The minimum atomic E-state index is -4.37. The molecule has 1 heterocycles. The summed E-state index contributed by atoms with van der Waals surface area (Å²) in [4.78, 5) is 8.38. The van der Waals surface area contributed by atoms with E-state index in [1.54, 1.807) is 18.2 Å². The lowest BCUT2D eigenvalue weighted by atomic mass is 10.1. The van der Waals surface area contributed by atoms with E-state index in [4.69, 9.17) is 9.47 Å². The van der Waals surface area contributed by atoms with Gasteiger partial charge in [0.05, 0.1) is 25.3 Å². The molecular weight excluding hydrogens is 347 g/mol. The van der Waals surface area contributed by atoms with Crippen LogP contribution in [0.2, 0.25) is 0 Å². The van der Waals surface area contributed by atoms with Crippen LogP contribution in [0.15, 0.2) is 42.7 Å². The number of alkyl halides is 3. The molecule has 0 saturated carbocycles. The van der Waals surface area contributed by atoms with Crippen molar-refractivity contribution in [2.75, 3.05) is 19.5 Å². The van der Waals surface area contributed by atoms with E-state index in [1.807, 2.05) is 0 Å². The topological polar surface area (TPSA) is 56.3 Å². The van der Waals surface area contributed by atoms with Crippen molar-refractivity contribution in [2.45, 2.75) is 12.7 Å². The average molecular weight is 363 g/mol. The van der Waals surface area contributed by atoms with Gasteiger partial charge in [-0.15, -0.1) is 0 Å². The third kappa shape index (κ3) is 3.63. The Morgan fingerprint density at radius 3 is 2.42 bits per heavy atom. The molecule has 8 heteroatoms. The molecule has 0 aliphatic carbocycles. The molecule has 0 saturated heterocycles. The molecule has 0 radical (unpaired) electrons. The summed E-state index contributed by atoms with van der Waals surface area (Å²) in [7, 11) is 3.04. The van der Waals surface area contributed by atoms with Crippen LogP contribution in [0.1, 0.15) is 11.1 Å². The number of hydrogen-bond donors (Lipinski definition) is 1. The average Bonchev–Trinajstić information content (AvgIpc) is 2.64. The number of ether oxygens (including phenoxy) is 2. The normalized spacial score (nSPS) is 11.4. The number of hydrogen-bond acceptors (Lipinski definition) is 5. The van der Waals surface area contributed by atoms with Gasteiger partial charge in [0.1, 0.15) is 12.1 Å². The van der Waals surface area contributed by atoms with Crippen molar-refractivity contribution >= 4 is 16.7 Å². The first-order chi connectivity index (χ1) is 12.4. The molecule has 0 aliphatic rings. The van der Waals surface area contributed by atoms with Crippen LogP contribution in [0.4, 0.5) is 19.0 Å². The summed E-state index contributed by atoms with van der Waals surface area (Å²) in [6.07, 6.45) is -3.00. The van der Waals surface area contributed by atoms with Gasteiger partial charge in [0.15, 0.2) is 11.5 Å². The van der Waals surface area contributed by atoms with Crippen LogP contribution < -0.4 is 14.8 Å². The SMILES string of the molecule is COc1cc2ncnc(NCc3cccc(C(F)(F)F)c3)c2cc1OC. The van der Waals surface area contributed by atoms with E-state index in [0.717, 1.165) is 12.1 Å². The smallest absolute Gasteiger partial charge is 0.416 e. The summed E-state index contributed by atoms with van der Waals surface area (Å²) in [6.45, 7) is 0.185. The molecule has 0 atom stereocenters. The summed E-state index contributed by atoms with van der Waals surface area (Å²) in [5.41, 5.74) is 0.437. The Hall–Kier alpha value is -3.03. The molecule has 3 rings (SSSR count). The van der Waals surface area contributed by atoms with Crippen LogP contribution in [-0.4, -0.2) is 24.2 Å². The summed E-state index contributed by atoms with van der Waals surface area (Å²) in [5.74, 6) is 1.54. The third-order valence-corrected chi connectivity index (χ3v) is 3.85. The number of aromatic nitrogens is 2. The molecule has 5 nitrogen and oxygen atoms in total. The zero-order chi connectivity index (χ0) is 18.7. The number of halogens is 3. The van der Waals surface area contributed by atoms with Crippen LogP contribution in [0.25, 0.3) is 10.9 Å². The molecule has 1 N–H and O–H groups in total. The van der Waals surface area contributed by atoms with Gasteiger partial charge in [0.25, 0.3) is 0 Å². The van der Waals surface area contributed by atoms with Crippen LogP contribution in [0, 0.1) is 0 Å². The summed E-state index contributed by atoms with van der Waals surface area (Å²) in [6, 6.07) is 8.59. The van der Waals surface area contributed by atoms with Crippen molar-refractivity contribution in [1.29, 1.82) is 0 Å². The van der Waals surface area contributed by atoms with Crippen LogP contribution >= 0.6 is 0 Å². The standard InChI is InChI=1S/C18H16F3N3O2/c1-25-15-7-13-14(8-16(15)26-2)23-10-24-17(13)22-9-11-4-3-5-12(6-11)18(19,20)21/h3-8,10H,9H2,1-2H3,(H,22,23,24). The summed E-state index contributed by atoms with van der Waals surface area (Å²) < 4.78 is 49.0. The van der Waals surface area contributed by atoms with Crippen molar-refractivity contribution < 1.29 is 22.6 Å². The predicted molar refractivity (Wildman–Crippen MR) is 91.4 cm³/mol. The highest BCUT2D eigenvalue weighted by Crippen LogP contribution is 2.34. The zero-order valence-corrected chi connectivity index (χ0v) is 14.1. The van der Waals surface area contributed by atoms with Crippen LogP contribution in [-0.2, 0) is 12.7 Å². The number of fused-ring (bicyclic) bond motifs is 1. The number of nitrogens with one attached hydrogen (secondary N) is 1. The maximum Gasteiger partial charge on any atom is 0.416 e. The molecule has 0 amide bonds. The Kier molecular flexibility index (Phi) is 4.83. The first kappa shape index (κ1) is 17.8. The molecule has 3 aromatic rings. The predicted octanol–water partition coefficient (Wildman–Crippen LogP) is 4.28. The van der Waals surface area contributed by atoms with E-state index in [0.29, 0.717) is 33.8 Å². The van der Waals surface area contributed by atoms with Gasteiger partial charge in [-0.3, -0.25) is 0 Å². The molecule has 0 fully saturated rings. The van der Waals surface area contributed by atoms with Crippen molar-refractivity contribution in [3.8, 4) is 11.5 Å². The lowest BCUT2D eigenvalue weighted by molar-refractivity contribution is -0.137. The van der Waals surface area contributed by atoms with Gasteiger partial charge in [-0.1, -0.05) is 12.1 Å². The van der Waals surface area contributed by atoms with Gasteiger partial charge in [-0.25, -0.2) is 9.97 Å². The lowest BCUT2D eigenvalue weighted by Crippen LogP contribution is -2.07. The first-order valence-corrected chi connectivity index (χ1v) is 7.69. The van der Waals surface area contributed by atoms with Gasteiger partial charge in [-0.05, 0) is 23.8 Å². The molecule has 0 spiro atoms. The van der Waals surface area contributed by atoms with Gasteiger partial charge in [0.2, 0.25) is 0 Å². The second-order valence-electron chi connectivity index (χ2n) is 5.50. The maximum atomic E-state index is 12.8. The van der Waals surface area contributed by atoms with Gasteiger partial charge in [-0.2, -0.15) is 13.2 Å². The highest BCUT2D eigenvalue weighted by atomic mass is 19.4. The van der Waals surface area contributed by atoms with E-state index >= 15 is 0 Å². The second-order valence-corrected chi connectivity index (χ2v) is 5.50. The zero-order valence-electron chi connectivity index (χ0n) is 14.1. The first-order valence-electron chi connectivity index (χ1n) is 7.69. The van der Waals surface area contributed by atoms with Crippen molar-refractivity contribution in [3.63, 3.8) is 0 Å². The fraction of sp³-hybridized carbons (Fsp3) is 0.222. The molecular formula is C18H16F3N3O2. The number of nitrogens with zero attached hydrogens (tertiary/aromatic N) is 2. The number of methoxy groups -OCH3 is 2. The van der Waals surface area contributed by atoms with E-state index in [9.17, 15) is 13.2 Å². The molecule has 0 unspecified atom stereocenters. The minimum Gasteiger partial charge on any atom is -0.493 e. The second kappa shape index (κ2) is 7.07. The fourth-order valence-corrected chi connectivity index (χ4v) is 2.57. The molecule has 0 bridgehead atoms. The summed E-state index contributed by atoms with van der Waals surface area (Å²) >= 11 is 0. The number of benzene rings is 2. The monoisotopic (exact) mass is 363 g/mol. The van der Waals surface area contributed by atoms with Gasteiger partial charge in [0, 0.05) is 18.0 Å². The largest absolute Gasteiger partial charge is 0.493 e. The van der Waals surface area contributed by atoms with E-state index in [2.05, 4.69) is 15.3 Å². The van der Waals surface area contributed by atoms with Crippen LogP contribution in [0.5, 0.6) is 11.5 Å². The van der Waals surface area contributed by atoms with Gasteiger partial charge >= 0.3 is 6.18 Å². The number of anilines is 1. The molecule has 0 aliphatic heterocycles. The van der Waals surface area contributed by atoms with E-state index in [1.165, 1.54) is 26.6 Å². The third-order valence-electron chi connectivity index (χ3n) is 3.85. The quantitative estimate of drug-likeness (QED) is 0.733. The Labute approximate surface area is 147 Å². The van der Waals surface area contributed by atoms with Crippen LogP contribution in [0.3, 0.4) is 0 Å². The fourth-order valence-electron chi connectivity index (χ4n) is 2.57. The molecule has 1 aromatic heterocycles. The van der Waals surface area contributed by atoms with E-state index in [-0.39, 0.29) is 6.54 Å². The number of rotatable bonds is 5. The Bertz CT molecular complexity index is 929. The van der Waals surface area contributed by atoms with Gasteiger partial charge < -0.3 is 14.8 Å². The minimum absolute atomic E-state index is 0.185. The maximum absolute atomic E-state index is 12.8. The Morgan fingerprint density at radius 1 is 1.00 bits per heavy atom. The molecule has 26 heavy (non-hydrogen) atoms. The van der Waals surface area contributed by atoms with Crippen molar-refractivity contribution in [2.24, 2.45) is 0 Å². The Balaban J connectivity index is 1.90. The lowest BCUT2D eigenvalue weighted by Gasteiger charge is -2.13. The van der Waals surface area contributed by atoms with E-state index < -0.39 is 11.7 Å². The van der Waals surface area contributed by atoms with Crippen molar-refractivity contribution in [3.05, 3.63) is 53.9 Å². The molecule has 136 valence electrons. The Morgan fingerprint density at radius 2 is 1.73 bits per heavy atom. The molecule has 2 aromatic carbocycles. The van der Waals surface area contributed by atoms with Crippen molar-refractivity contribution in [1.82, 2.24) is 9.97 Å². The summed E-state index contributed by atoms with van der Waals surface area (Å²) in [5, 5.41) is 3.73.